The Balaban J connectivity index is 1.88. The highest BCUT2D eigenvalue weighted by atomic mass is 32.2. The SMILES string of the molecule is COc1ccc(C=C2SC(=N)N(c3nccs3)C2=O)cc1. The Morgan fingerprint density at radius 1 is 1.33 bits per heavy atom. The van der Waals surface area contributed by atoms with Crippen molar-refractivity contribution >= 4 is 45.4 Å². The maximum absolute atomic E-state index is 12.4. The van der Waals surface area contributed by atoms with Gasteiger partial charge in [0.25, 0.3) is 5.91 Å². The lowest BCUT2D eigenvalue weighted by Crippen LogP contribution is -2.27. The zero-order chi connectivity index (χ0) is 14.8. The number of amidine groups is 1. The van der Waals surface area contributed by atoms with E-state index in [1.807, 2.05) is 24.3 Å². The van der Waals surface area contributed by atoms with Gasteiger partial charge in [-0.3, -0.25) is 10.2 Å². The summed E-state index contributed by atoms with van der Waals surface area (Å²) in [6, 6.07) is 7.41. The fourth-order valence-corrected chi connectivity index (χ4v) is 3.38. The number of thioether (sulfide) groups is 1. The van der Waals surface area contributed by atoms with Crippen LogP contribution in [0.15, 0.2) is 40.7 Å². The summed E-state index contributed by atoms with van der Waals surface area (Å²) in [6.45, 7) is 0. The fourth-order valence-electron chi connectivity index (χ4n) is 1.84. The summed E-state index contributed by atoms with van der Waals surface area (Å²) in [6.07, 6.45) is 3.39. The molecule has 106 valence electrons. The highest BCUT2D eigenvalue weighted by Gasteiger charge is 2.34. The lowest BCUT2D eigenvalue weighted by atomic mass is 10.2. The molecule has 2 aromatic rings. The molecule has 1 aliphatic rings. The number of aromatic nitrogens is 1. The monoisotopic (exact) mass is 317 g/mol. The van der Waals surface area contributed by atoms with Gasteiger partial charge in [0.2, 0.25) is 0 Å². The highest BCUT2D eigenvalue weighted by molar-refractivity contribution is 8.19. The van der Waals surface area contributed by atoms with Gasteiger partial charge in [0.15, 0.2) is 10.3 Å². The molecule has 3 rings (SSSR count). The van der Waals surface area contributed by atoms with Gasteiger partial charge in [0.1, 0.15) is 5.75 Å². The number of methoxy groups -OCH3 is 1. The van der Waals surface area contributed by atoms with Crippen LogP contribution in [0, 0.1) is 5.41 Å². The van der Waals surface area contributed by atoms with E-state index in [-0.39, 0.29) is 11.1 Å². The first-order chi connectivity index (χ1) is 10.2. The predicted octanol–water partition coefficient (Wildman–Crippen LogP) is 3.21. The Kier molecular flexibility index (Phi) is 3.76. The molecule has 0 saturated carbocycles. The molecule has 0 radical (unpaired) electrons. The third-order valence-electron chi connectivity index (χ3n) is 2.85. The van der Waals surface area contributed by atoms with Gasteiger partial charge in [-0.2, -0.15) is 0 Å². The topological polar surface area (TPSA) is 66.3 Å². The van der Waals surface area contributed by atoms with Crippen molar-refractivity contribution in [1.29, 1.82) is 5.41 Å². The molecule has 1 aromatic carbocycles. The van der Waals surface area contributed by atoms with E-state index in [9.17, 15) is 4.79 Å². The van der Waals surface area contributed by atoms with Crippen LogP contribution in [0.5, 0.6) is 5.75 Å². The second-order valence-corrected chi connectivity index (χ2v) is 6.05. The molecule has 0 bridgehead atoms. The van der Waals surface area contributed by atoms with Gasteiger partial charge < -0.3 is 4.74 Å². The minimum Gasteiger partial charge on any atom is -0.497 e. The van der Waals surface area contributed by atoms with Gasteiger partial charge in [0.05, 0.1) is 12.0 Å². The van der Waals surface area contributed by atoms with Crippen LogP contribution in [-0.2, 0) is 4.79 Å². The molecule has 0 spiro atoms. The van der Waals surface area contributed by atoms with Crippen LogP contribution in [-0.4, -0.2) is 23.2 Å². The van der Waals surface area contributed by atoms with Gasteiger partial charge in [-0.1, -0.05) is 12.1 Å². The Morgan fingerprint density at radius 3 is 2.71 bits per heavy atom. The molecule has 0 atom stereocenters. The zero-order valence-corrected chi connectivity index (χ0v) is 12.7. The van der Waals surface area contributed by atoms with Crippen LogP contribution in [0.3, 0.4) is 0 Å². The molecule has 2 heterocycles. The second-order valence-electron chi connectivity index (χ2n) is 4.14. The van der Waals surface area contributed by atoms with E-state index in [0.717, 1.165) is 23.1 Å². The molecular formula is C14H11N3O2S2. The fraction of sp³-hybridized carbons (Fsp3) is 0.0714. The van der Waals surface area contributed by atoms with Gasteiger partial charge in [-0.15, -0.1) is 11.3 Å². The Morgan fingerprint density at radius 2 is 2.10 bits per heavy atom. The summed E-state index contributed by atoms with van der Waals surface area (Å²) in [5.41, 5.74) is 0.889. The molecular weight excluding hydrogens is 306 g/mol. The summed E-state index contributed by atoms with van der Waals surface area (Å²) in [7, 11) is 1.61. The number of ether oxygens (including phenoxy) is 1. The summed E-state index contributed by atoms with van der Waals surface area (Å²) in [5.74, 6) is 0.551. The molecule has 0 unspecified atom stereocenters. The van der Waals surface area contributed by atoms with E-state index in [0.29, 0.717) is 10.0 Å². The quantitative estimate of drug-likeness (QED) is 0.883. The normalized spacial score (nSPS) is 16.8. The van der Waals surface area contributed by atoms with Crippen LogP contribution in [0.4, 0.5) is 5.13 Å². The minimum absolute atomic E-state index is 0.176. The van der Waals surface area contributed by atoms with Crippen molar-refractivity contribution in [3.63, 3.8) is 0 Å². The van der Waals surface area contributed by atoms with Crippen LogP contribution < -0.4 is 9.64 Å². The molecule has 7 heteroatoms. The van der Waals surface area contributed by atoms with Gasteiger partial charge >= 0.3 is 0 Å². The zero-order valence-electron chi connectivity index (χ0n) is 11.1. The van der Waals surface area contributed by atoms with Crippen molar-refractivity contribution in [1.82, 2.24) is 4.98 Å². The first kappa shape index (κ1) is 13.8. The molecule has 1 N–H and O–H groups in total. The summed E-state index contributed by atoms with van der Waals surface area (Å²) in [4.78, 5) is 18.3. The average molecular weight is 317 g/mol. The van der Waals surface area contributed by atoms with E-state index in [4.69, 9.17) is 10.1 Å². The molecule has 1 aromatic heterocycles. The number of rotatable bonds is 3. The Bertz CT molecular complexity index is 708. The maximum atomic E-state index is 12.4. The van der Waals surface area contributed by atoms with Crippen LogP contribution in [0.25, 0.3) is 6.08 Å². The van der Waals surface area contributed by atoms with Crippen molar-refractivity contribution in [2.24, 2.45) is 0 Å². The molecule has 1 saturated heterocycles. The van der Waals surface area contributed by atoms with E-state index in [1.54, 1.807) is 24.8 Å². The molecule has 1 fully saturated rings. The standard InChI is InChI=1S/C14H11N3O2S2/c1-19-10-4-2-9(3-5-10)8-11-12(18)17(13(15)21-11)14-16-6-7-20-14/h2-8,15H,1H3. The third-order valence-corrected chi connectivity index (χ3v) is 4.49. The molecule has 21 heavy (non-hydrogen) atoms. The number of nitrogens with one attached hydrogen (secondary N) is 1. The van der Waals surface area contributed by atoms with Crippen molar-refractivity contribution in [3.8, 4) is 5.75 Å². The van der Waals surface area contributed by atoms with Gasteiger partial charge in [-0.05, 0) is 35.5 Å². The number of amides is 1. The maximum Gasteiger partial charge on any atom is 0.273 e. The lowest BCUT2D eigenvalue weighted by molar-refractivity contribution is -0.113. The van der Waals surface area contributed by atoms with E-state index in [1.165, 1.54) is 16.2 Å². The van der Waals surface area contributed by atoms with E-state index in [2.05, 4.69) is 4.98 Å². The van der Waals surface area contributed by atoms with Crippen LogP contribution in [0.2, 0.25) is 0 Å². The average Bonchev–Trinajstić information content (AvgIpc) is 3.09. The number of hydrogen-bond donors (Lipinski definition) is 1. The number of carbonyl (C=O) groups is 1. The lowest BCUT2D eigenvalue weighted by Gasteiger charge is -2.08. The molecule has 5 nitrogen and oxygen atoms in total. The van der Waals surface area contributed by atoms with Crippen molar-refractivity contribution in [2.45, 2.75) is 0 Å². The molecule has 0 aliphatic carbocycles. The number of carbonyl (C=O) groups excluding carboxylic acids is 1. The third kappa shape index (κ3) is 2.70. The highest BCUT2D eigenvalue weighted by Crippen LogP contribution is 2.35. The van der Waals surface area contributed by atoms with Gasteiger partial charge in [0, 0.05) is 11.6 Å². The van der Waals surface area contributed by atoms with Crippen molar-refractivity contribution in [3.05, 3.63) is 46.3 Å². The number of nitrogens with zero attached hydrogens (tertiary/aromatic N) is 2. The van der Waals surface area contributed by atoms with Crippen LogP contribution >= 0.6 is 23.1 Å². The first-order valence-corrected chi connectivity index (χ1v) is 7.75. The Hall–Kier alpha value is -2.12. The van der Waals surface area contributed by atoms with E-state index < -0.39 is 0 Å². The summed E-state index contributed by atoms with van der Waals surface area (Å²) >= 11 is 2.48. The second kappa shape index (κ2) is 5.71. The summed E-state index contributed by atoms with van der Waals surface area (Å²) in [5, 5.41) is 10.4. The Labute approximate surface area is 129 Å². The first-order valence-electron chi connectivity index (χ1n) is 6.05. The summed E-state index contributed by atoms with van der Waals surface area (Å²) < 4.78 is 5.10. The molecule has 1 amide bonds. The van der Waals surface area contributed by atoms with Crippen LogP contribution in [0.1, 0.15) is 5.56 Å². The van der Waals surface area contributed by atoms with Gasteiger partial charge in [-0.25, -0.2) is 9.88 Å². The number of hydrogen-bond acceptors (Lipinski definition) is 6. The predicted molar refractivity (Wildman–Crippen MR) is 85.9 cm³/mol. The van der Waals surface area contributed by atoms with Crippen molar-refractivity contribution in [2.75, 3.05) is 12.0 Å². The number of anilines is 1. The minimum atomic E-state index is -0.212. The number of thiazole rings is 1. The molecule has 1 aliphatic heterocycles. The largest absolute Gasteiger partial charge is 0.497 e. The number of benzene rings is 1. The smallest absolute Gasteiger partial charge is 0.273 e. The van der Waals surface area contributed by atoms with E-state index >= 15 is 0 Å². The van der Waals surface area contributed by atoms with Crippen molar-refractivity contribution < 1.29 is 9.53 Å².